The zero-order valence-corrected chi connectivity index (χ0v) is 15.8. The second kappa shape index (κ2) is 7.56. The molecule has 0 aliphatic rings. The number of aromatic hydroxyl groups is 1. The summed E-state index contributed by atoms with van der Waals surface area (Å²) in [4.78, 5) is 22.1. The first-order valence-electron chi connectivity index (χ1n) is 9.32. The highest BCUT2D eigenvalue weighted by Crippen LogP contribution is 2.30. The van der Waals surface area contributed by atoms with Gasteiger partial charge in [-0.1, -0.05) is 12.1 Å². The van der Waals surface area contributed by atoms with E-state index in [1.54, 1.807) is 30.9 Å². The number of phenolic OH excluding ortho intramolecular Hbond substituents is 1. The molecule has 0 unspecified atom stereocenters. The van der Waals surface area contributed by atoms with Gasteiger partial charge in [0.25, 0.3) is 0 Å². The van der Waals surface area contributed by atoms with E-state index in [1.165, 1.54) is 0 Å². The number of phenols is 1. The fraction of sp³-hybridized carbons (Fsp3) is 0. The molecule has 5 aromatic rings. The molecule has 5 rings (SSSR count). The smallest absolute Gasteiger partial charge is 0.180 e. The Kier molecular flexibility index (Phi) is 4.46. The third kappa shape index (κ3) is 3.51. The highest BCUT2D eigenvalue weighted by atomic mass is 16.3. The van der Waals surface area contributed by atoms with E-state index >= 15 is 0 Å². The van der Waals surface area contributed by atoms with Gasteiger partial charge in [-0.05, 0) is 36.4 Å². The third-order valence-corrected chi connectivity index (χ3v) is 4.53. The number of fused-ring (bicyclic) bond motifs is 1. The lowest BCUT2D eigenvalue weighted by Crippen LogP contribution is -2.00. The lowest BCUT2D eigenvalue weighted by molar-refractivity contribution is 0.480. The van der Waals surface area contributed by atoms with Crippen LogP contribution in [-0.2, 0) is 0 Å². The van der Waals surface area contributed by atoms with Gasteiger partial charge < -0.3 is 10.4 Å². The van der Waals surface area contributed by atoms with Gasteiger partial charge in [0.05, 0.1) is 5.69 Å². The molecule has 0 bridgehead atoms. The van der Waals surface area contributed by atoms with E-state index < -0.39 is 0 Å². The molecule has 0 radical (unpaired) electrons. The number of rotatable bonds is 4. The Morgan fingerprint density at radius 2 is 1.67 bits per heavy atom. The molecule has 4 aromatic heterocycles. The molecule has 0 fully saturated rings. The Hall–Kier alpha value is -4.39. The van der Waals surface area contributed by atoms with Crippen molar-refractivity contribution in [1.82, 2.24) is 24.9 Å². The van der Waals surface area contributed by atoms with Gasteiger partial charge in [0.2, 0.25) is 0 Å². The predicted octanol–water partition coefficient (Wildman–Crippen LogP) is 4.60. The summed E-state index contributed by atoms with van der Waals surface area (Å²) < 4.78 is 0. The predicted molar refractivity (Wildman–Crippen MR) is 115 cm³/mol. The Labute approximate surface area is 172 Å². The van der Waals surface area contributed by atoms with Crippen LogP contribution < -0.4 is 5.32 Å². The molecule has 0 saturated heterocycles. The van der Waals surface area contributed by atoms with E-state index in [1.807, 2.05) is 54.6 Å². The molecular formula is C23H16N6O. The van der Waals surface area contributed by atoms with Crippen LogP contribution in [0.25, 0.3) is 33.7 Å². The van der Waals surface area contributed by atoms with Gasteiger partial charge in [-0.2, -0.15) is 0 Å². The van der Waals surface area contributed by atoms with E-state index in [2.05, 4.69) is 30.2 Å². The van der Waals surface area contributed by atoms with Gasteiger partial charge in [0, 0.05) is 53.6 Å². The Balaban J connectivity index is 1.61. The first-order chi connectivity index (χ1) is 14.8. The number of nitrogens with zero attached hydrogens (tertiary/aromatic N) is 5. The minimum absolute atomic E-state index is 0.0992. The molecule has 0 amide bonds. The van der Waals surface area contributed by atoms with E-state index in [0.717, 1.165) is 10.9 Å². The number of hydrogen-bond donors (Lipinski definition) is 2. The number of aromatic nitrogens is 5. The molecule has 2 N–H and O–H groups in total. The molecule has 0 aliphatic heterocycles. The number of hydrogen-bond acceptors (Lipinski definition) is 7. The van der Waals surface area contributed by atoms with E-state index in [0.29, 0.717) is 34.2 Å². The molecule has 144 valence electrons. The number of nitrogens with one attached hydrogen (secondary N) is 1. The van der Waals surface area contributed by atoms with Crippen molar-refractivity contribution in [3.05, 3.63) is 85.5 Å². The zero-order valence-electron chi connectivity index (χ0n) is 15.8. The van der Waals surface area contributed by atoms with Gasteiger partial charge in [-0.15, -0.1) is 0 Å². The van der Waals surface area contributed by atoms with Gasteiger partial charge >= 0.3 is 0 Å². The topological polar surface area (TPSA) is 96.7 Å². The maximum atomic E-state index is 10.3. The molecule has 0 aliphatic carbocycles. The molecule has 7 heteroatoms. The quantitative estimate of drug-likeness (QED) is 0.461. The molecule has 0 atom stereocenters. The van der Waals surface area contributed by atoms with Crippen LogP contribution in [-0.4, -0.2) is 30.0 Å². The van der Waals surface area contributed by atoms with Crippen LogP contribution in [0.1, 0.15) is 0 Å². The summed E-state index contributed by atoms with van der Waals surface area (Å²) in [5.41, 5.74) is 3.49. The first-order valence-corrected chi connectivity index (χ1v) is 9.32. The molecule has 1 aromatic carbocycles. The Morgan fingerprint density at radius 1 is 0.767 bits per heavy atom. The average molecular weight is 392 g/mol. The third-order valence-electron chi connectivity index (χ3n) is 4.53. The standard InChI is InChI=1S/C23H16N6O/c30-20-12-17(11-15-5-4-10-26-22(15)20)27-21-13-19(16-6-3-8-24-14-16)28-23(29-21)18-7-1-2-9-25-18/h1-14,30H,(H,27,28,29). The van der Waals surface area contributed by atoms with Crippen LogP contribution in [0.5, 0.6) is 5.75 Å². The zero-order chi connectivity index (χ0) is 20.3. The number of anilines is 2. The van der Waals surface area contributed by atoms with Crippen molar-refractivity contribution in [2.45, 2.75) is 0 Å². The summed E-state index contributed by atoms with van der Waals surface area (Å²) in [5.74, 6) is 1.17. The number of pyridine rings is 3. The lowest BCUT2D eigenvalue weighted by Gasteiger charge is -2.11. The number of benzene rings is 1. The summed E-state index contributed by atoms with van der Waals surface area (Å²) in [7, 11) is 0. The minimum atomic E-state index is 0.0992. The normalized spacial score (nSPS) is 10.8. The summed E-state index contributed by atoms with van der Waals surface area (Å²) in [6.45, 7) is 0. The lowest BCUT2D eigenvalue weighted by atomic mass is 10.1. The van der Waals surface area contributed by atoms with Crippen LogP contribution in [0.4, 0.5) is 11.5 Å². The van der Waals surface area contributed by atoms with Crippen LogP contribution in [0.3, 0.4) is 0 Å². The maximum absolute atomic E-state index is 10.3. The molecule has 0 spiro atoms. The molecular weight excluding hydrogens is 376 g/mol. The molecule has 7 nitrogen and oxygen atoms in total. The highest BCUT2D eigenvalue weighted by molar-refractivity contribution is 5.88. The van der Waals surface area contributed by atoms with Crippen molar-refractivity contribution in [2.24, 2.45) is 0 Å². The highest BCUT2D eigenvalue weighted by Gasteiger charge is 2.11. The fourth-order valence-corrected chi connectivity index (χ4v) is 3.18. The van der Waals surface area contributed by atoms with Crippen LogP contribution in [0, 0.1) is 0 Å². The monoisotopic (exact) mass is 392 g/mol. The van der Waals surface area contributed by atoms with Crippen LogP contribution >= 0.6 is 0 Å². The van der Waals surface area contributed by atoms with E-state index in [-0.39, 0.29) is 5.75 Å². The van der Waals surface area contributed by atoms with Crippen molar-refractivity contribution in [2.75, 3.05) is 5.32 Å². The van der Waals surface area contributed by atoms with Gasteiger partial charge in [0.1, 0.15) is 22.8 Å². The van der Waals surface area contributed by atoms with Gasteiger partial charge in [-0.25, -0.2) is 9.97 Å². The largest absolute Gasteiger partial charge is 0.506 e. The molecule has 0 saturated carbocycles. The van der Waals surface area contributed by atoms with Gasteiger partial charge in [0.15, 0.2) is 5.82 Å². The second-order valence-electron chi connectivity index (χ2n) is 6.61. The summed E-state index contributed by atoms with van der Waals surface area (Å²) in [6, 6.07) is 18.5. The Morgan fingerprint density at radius 3 is 2.50 bits per heavy atom. The van der Waals surface area contributed by atoms with Crippen molar-refractivity contribution in [3.8, 4) is 28.5 Å². The fourth-order valence-electron chi connectivity index (χ4n) is 3.18. The summed E-state index contributed by atoms with van der Waals surface area (Å²) >= 11 is 0. The van der Waals surface area contributed by atoms with Crippen LogP contribution in [0.2, 0.25) is 0 Å². The second-order valence-corrected chi connectivity index (χ2v) is 6.61. The van der Waals surface area contributed by atoms with Crippen molar-refractivity contribution >= 4 is 22.4 Å². The molecule has 4 heterocycles. The van der Waals surface area contributed by atoms with Crippen LogP contribution in [0.15, 0.2) is 85.5 Å². The van der Waals surface area contributed by atoms with Crippen molar-refractivity contribution < 1.29 is 5.11 Å². The van der Waals surface area contributed by atoms with Crippen molar-refractivity contribution in [1.29, 1.82) is 0 Å². The summed E-state index contributed by atoms with van der Waals surface area (Å²) in [6.07, 6.45) is 6.83. The Bertz CT molecular complexity index is 1270. The van der Waals surface area contributed by atoms with E-state index in [4.69, 9.17) is 0 Å². The molecule has 30 heavy (non-hydrogen) atoms. The van der Waals surface area contributed by atoms with E-state index in [9.17, 15) is 5.11 Å². The average Bonchev–Trinajstić information content (AvgIpc) is 2.80. The summed E-state index contributed by atoms with van der Waals surface area (Å²) in [5, 5.41) is 14.4. The van der Waals surface area contributed by atoms with Gasteiger partial charge in [-0.3, -0.25) is 15.0 Å². The SMILES string of the molecule is Oc1cc(Nc2cc(-c3cccnc3)nc(-c3ccccn3)n2)cc2cccnc12. The first kappa shape index (κ1) is 17.7. The van der Waals surface area contributed by atoms with Crippen molar-refractivity contribution in [3.63, 3.8) is 0 Å². The maximum Gasteiger partial charge on any atom is 0.180 e. The minimum Gasteiger partial charge on any atom is -0.506 e.